The van der Waals surface area contributed by atoms with Gasteiger partial charge in [-0.1, -0.05) is 0 Å². The highest BCUT2D eigenvalue weighted by molar-refractivity contribution is 4.50. The van der Waals surface area contributed by atoms with E-state index in [2.05, 4.69) is 0 Å². The molecule has 3 nitrogen and oxygen atoms in total. The van der Waals surface area contributed by atoms with Gasteiger partial charge in [-0.05, 0) is 13.8 Å². The fourth-order valence-corrected chi connectivity index (χ4v) is 0.350. The lowest BCUT2D eigenvalue weighted by molar-refractivity contribution is -0.200. The molecule has 1 N–H and O–H groups in total. The third-order valence-corrected chi connectivity index (χ3v) is 1.03. The number of methoxy groups -OCH3 is 1. The predicted molar refractivity (Wildman–Crippen MR) is 34.1 cm³/mol. The zero-order valence-electron chi connectivity index (χ0n) is 6.18. The van der Waals surface area contributed by atoms with Crippen LogP contribution >= 0.6 is 0 Å². The number of hydrogen-bond acceptors (Lipinski definition) is 3. The van der Waals surface area contributed by atoms with E-state index in [4.69, 9.17) is 14.6 Å². The Morgan fingerprint density at radius 2 is 2.00 bits per heavy atom. The molecule has 0 saturated heterocycles. The first-order valence-corrected chi connectivity index (χ1v) is 2.92. The van der Waals surface area contributed by atoms with Crippen molar-refractivity contribution in [2.75, 3.05) is 20.3 Å². The normalized spacial score (nSPS) is 12.0. The smallest absolute Gasteiger partial charge is 0.162 e. The molecule has 0 aromatic rings. The quantitative estimate of drug-likeness (QED) is 0.565. The molecule has 0 radical (unpaired) electrons. The summed E-state index contributed by atoms with van der Waals surface area (Å²) in [4.78, 5) is 0. The maximum atomic E-state index is 8.34. The van der Waals surface area contributed by atoms with Crippen molar-refractivity contribution < 1.29 is 14.6 Å². The van der Waals surface area contributed by atoms with Crippen molar-refractivity contribution in [1.82, 2.24) is 0 Å². The maximum Gasteiger partial charge on any atom is 0.162 e. The molecular formula is C6H14O3. The zero-order chi connectivity index (χ0) is 7.33. The Labute approximate surface area is 55.6 Å². The summed E-state index contributed by atoms with van der Waals surface area (Å²) in [6, 6.07) is 0. The van der Waals surface area contributed by atoms with Crippen molar-refractivity contribution in [3.8, 4) is 0 Å². The summed E-state index contributed by atoms with van der Waals surface area (Å²) in [5.41, 5.74) is 0. The average Bonchev–Trinajstić information content (AvgIpc) is 1.84. The third-order valence-electron chi connectivity index (χ3n) is 1.03. The van der Waals surface area contributed by atoms with Gasteiger partial charge in [0.25, 0.3) is 0 Å². The van der Waals surface area contributed by atoms with Crippen LogP contribution < -0.4 is 0 Å². The molecule has 0 fully saturated rings. The van der Waals surface area contributed by atoms with E-state index in [9.17, 15) is 0 Å². The van der Waals surface area contributed by atoms with Crippen LogP contribution in [0.2, 0.25) is 0 Å². The van der Waals surface area contributed by atoms with Gasteiger partial charge in [0.1, 0.15) is 0 Å². The zero-order valence-corrected chi connectivity index (χ0v) is 6.18. The molecule has 0 saturated carbocycles. The second kappa shape index (κ2) is 3.82. The fourth-order valence-electron chi connectivity index (χ4n) is 0.350. The molecule has 0 aliphatic heterocycles. The molecular weight excluding hydrogens is 120 g/mol. The molecule has 9 heavy (non-hydrogen) atoms. The topological polar surface area (TPSA) is 38.7 Å². The van der Waals surface area contributed by atoms with Gasteiger partial charge >= 0.3 is 0 Å². The van der Waals surface area contributed by atoms with Crippen LogP contribution in [0.3, 0.4) is 0 Å². The Morgan fingerprint density at radius 1 is 1.44 bits per heavy atom. The Kier molecular flexibility index (Phi) is 3.77. The van der Waals surface area contributed by atoms with Crippen LogP contribution in [0.4, 0.5) is 0 Å². The molecule has 56 valence electrons. The van der Waals surface area contributed by atoms with Crippen LogP contribution in [0.5, 0.6) is 0 Å². The third kappa shape index (κ3) is 4.39. The van der Waals surface area contributed by atoms with Crippen molar-refractivity contribution in [2.45, 2.75) is 19.6 Å². The molecule has 0 aliphatic rings. The van der Waals surface area contributed by atoms with Crippen molar-refractivity contribution >= 4 is 0 Å². The Bertz CT molecular complexity index is 70.7. The summed E-state index contributed by atoms with van der Waals surface area (Å²) in [5.74, 6) is -0.567. The largest absolute Gasteiger partial charge is 0.394 e. The van der Waals surface area contributed by atoms with Crippen LogP contribution in [0.15, 0.2) is 0 Å². The Balaban J connectivity index is 3.33. The van der Waals surface area contributed by atoms with E-state index in [0.29, 0.717) is 6.61 Å². The van der Waals surface area contributed by atoms with Gasteiger partial charge < -0.3 is 14.6 Å². The lowest BCUT2D eigenvalue weighted by atomic mass is 10.4. The van der Waals surface area contributed by atoms with Gasteiger partial charge in [-0.25, -0.2) is 0 Å². The minimum Gasteiger partial charge on any atom is -0.394 e. The first-order valence-electron chi connectivity index (χ1n) is 2.92. The van der Waals surface area contributed by atoms with Gasteiger partial charge in [-0.3, -0.25) is 0 Å². The molecule has 0 spiro atoms. The fraction of sp³-hybridized carbons (Fsp3) is 1.00. The first-order chi connectivity index (χ1) is 4.12. The van der Waals surface area contributed by atoms with Gasteiger partial charge in [0.15, 0.2) is 5.79 Å². The van der Waals surface area contributed by atoms with E-state index in [0.717, 1.165) is 0 Å². The standard InChI is InChI=1S/C6H14O3/c1-6(2,8-3)9-5-4-7/h7H,4-5H2,1-3H3. The number of rotatable bonds is 4. The molecule has 0 amide bonds. The van der Waals surface area contributed by atoms with Crippen molar-refractivity contribution in [1.29, 1.82) is 0 Å². The molecule has 0 unspecified atom stereocenters. The maximum absolute atomic E-state index is 8.34. The van der Waals surface area contributed by atoms with Gasteiger partial charge in [-0.15, -0.1) is 0 Å². The summed E-state index contributed by atoms with van der Waals surface area (Å²) in [6.45, 7) is 3.94. The lowest BCUT2D eigenvalue weighted by Gasteiger charge is -2.22. The second-order valence-corrected chi connectivity index (χ2v) is 2.18. The van der Waals surface area contributed by atoms with E-state index in [1.807, 2.05) is 0 Å². The van der Waals surface area contributed by atoms with Crippen molar-refractivity contribution in [2.24, 2.45) is 0 Å². The van der Waals surface area contributed by atoms with Crippen LogP contribution in [-0.2, 0) is 9.47 Å². The summed E-state index contributed by atoms with van der Waals surface area (Å²) in [7, 11) is 1.57. The highest BCUT2D eigenvalue weighted by Gasteiger charge is 2.14. The Morgan fingerprint density at radius 3 is 2.33 bits per heavy atom. The summed E-state index contributed by atoms with van der Waals surface area (Å²) in [6.07, 6.45) is 0. The molecule has 0 heterocycles. The van der Waals surface area contributed by atoms with Gasteiger partial charge in [-0.2, -0.15) is 0 Å². The molecule has 0 rings (SSSR count). The minimum absolute atomic E-state index is 0.0345. The predicted octanol–water partition coefficient (Wildman–Crippen LogP) is 0.378. The van der Waals surface area contributed by atoms with E-state index >= 15 is 0 Å². The first kappa shape index (κ1) is 8.88. The molecule has 0 atom stereocenters. The molecule has 0 aromatic heterocycles. The van der Waals surface area contributed by atoms with E-state index < -0.39 is 5.79 Å². The van der Waals surface area contributed by atoms with Gasteiger partial charge in [0.05, 0.1) is 13.2 Å². The molecule has 0 aliphatic carbocycles. The second-order valence-electron chi connectivity index (χ2n) is 2.18. The van der Waals surface area contributed by atoms with Crippen LogP contribution in [0.25, 0.3) is 0 Å². The van der Waals surface area contributed by atoms with Crippen LogP contribution in [0.1, 0.15) is 13.8 Å². The van der Waals surface area contributed by atoms with Crippen molar-refractivity contribution in [3.05, 3.63) is 0 Å². The van der Waals surface area contributed by atoms with E-state index in [1.165, 1.54) is 0 Å². The minimum atomic E-state index is -0.567. The van der Waals surface area contributed by atoms with E-state index in [-0.39, 0.29) is 6.61 Å². The van der Waals surface area contributed by atoms with Gasteiger partial charge in [0.2, 0.25) is 0 Å². The van der Waals surface area contributed by atoms with Crippen LogP contribution in [0, 0.1) is 0 Å². The Hall–Kier alpha value is -0.120. The molecule has 0 aromatic carbocycles. The average molecular weight is 134 g/mol. The monoisotopic (exact) mass is 134 g/mol. The van der Waals surface area contributed by atoms with Gasteiger partial charge in [0, 0.05) is 7.11 Å². The van der Waals surface area contributed by atoms with E-state index in [1.54, 1.807) is 21.0 Å². The van der Waals surface area contributed by atoms with Crippen LogP contribution in [-0.4, -0.2) is 31.2 Å². The summed E-state index contributed by atoms with van der Waals surface area (Å²) in [5, 5.41) is 8.34. The molecule has 0 bridgehead atoms. The number of ether oxygens (including phenoxy) is 2. The SMILES string of the molecule is COC(C)(C)OCCO. The highest BCUT2D eigenvalue weighted by atomic mass is 16.7. The lowest BCUT2D eigenvalue weighted by Crippen LogP contribution is -2.27. The highest BCUT2D eigenvalue weighted by Crippen LogP contribution is 2.07. The van der Waals surface area contributed by atoms with Crippen molar-refractivity contribution in [3.63, 3.8) is 0 Å². The number of aliphatic hydroxyl groups is 1. The summed E-state index contributed by atoms with van der Waals surface area (Å²) >= 11 is 0. The number of hydrogen-bond donors (Lipinski definition) is 1. The summed E-state index contributed by atoms with van der Waals surface area (Å²) < 4.78 is 9.96. The number of aliphatic hydroxyl groups excluding tert-OH is 1. The molecule has 3 heteroatoms.